The lowest BCUT2D eigenvalue weighted by atomic mass is 9.94. The lowest BCUT2D eigenvalue weighted by Crippen LogP contribution is -2.42. The summed E-state index contributed by atoms with van der Waals surface area (Å²) in [6.45, 7) is 12.2. The molecule has 1 atom stereocenters. The number of fused-ring (bicyclic) bond motifs is 1. The van der Waals surface area contributed by atoms with E-state index >= 15 is 0 Å². The summed E-state index contributed by atoms with van der Waals surface area (Å²) in [6, 6.07) is 2.09. The van der Waals surface area contributed by atoms with Crippen LogP contribution >= 0.6 is 0 Å². The van der Waals surface area contributed by atoms with Crippen molar-refractivity contribution in [3.8, 4) is 11.1 Å². The van der Waals surface area contributed by atoms with Gasteiger partial charge < -0.3 is 19.7 Å². The fourth-order valence-corrected chi connectivity index (χ4v) is 4.96. The number of rotatable bonds is 6. The first-order chi connectivity index (χ1) is 17.8. The summed E-state index contributed by atoms with van der Waals surface area (Å²) in [7, 11) is 1.90. The largest absolute Gasteiger partial charge is 0.444 e. The summed E-state index contributed by atoms with van der Waals surface area (Å²) in [4.78, 5) is 22.1. The van der Waals surface area contributed by atoms with Crippen molar-refractivity contribution in [1.29, 1.82) is 0 Å². The van der Waals surface area contributed by atoms with Gasteiger partial charge in [0.1, 0.15) is 11.4 Å². The Hall–Kier alpha value is -3.18. The number of amides is 1. The molecule has 3 aromatic heterocycles. The van der Waals surface area contributed by atoms with Gasteiger partial charge in [-0.1, -0.05) is 0 Å². The normalized spacial score (nSPS) is 19.4. The number of aryl methyl sites for hydroxylation is 1. The van der Waals surface area contributed by atoms with Gasteiger partial charge in [0, 0.05) is 75.6 Å². The minimum Gasteiger partial charge on any atom is -0.444 e. The average Bonchev–Trinajstić information content (AvgIpc) is 3.49. The molecule has 2 aliphatic heterocycles. The highest BCUT2D eigenvalue weighted by Crippen LogP contribution is 2.31. The molecule has 200 valence electrons. The maximum absolute atomic E-state index is 12.8. The van der Waals surface area contributed by atoms with Crippen molar-refractivity contribution in [1.82, 2.24) is 34.2 Å². The van der Waals surface area contributed by atoms with Gasteiger partial charge in [-0.25, -0.2) is 9.78 Å². The number of nitrogens with one attached hydrogen (secondary N) is 1. The van der Waals surface area contributed by atoms with Crippen LogP contribution in [0.25, 0.3) is 16.8 Å². The number of nitrogens with zero attached hydrogens (tertiary/aromatic N) is 7. The van der Waals surface area contributed by atoms with Crippen LogP contribution < -0.4 is 5.32 Å². The molecular formula is C26H38N8O3. The average molecular weight is 511 g/mol. The van der Waals surface area contributed by atoms with Crippen LogP contribution in [0.2, 0.25) is 0 Å². The Morgan fingerprint density at radius 3 is 2.73 bits per heavy atom. The van der Waals surface area contributed by atoms with Gasteiger partial charge in [0.25, 0.3) is 0 Å². The van der Waals surface area contributed by atoms with Gasteiger partial charge in [0.2, 0.25) is 0 Å². The van der Waals surface area contributed by atoms with E-state index in [2.05, 4.69) is 26.5 Å². The first-order valence-electron chi connectivity index (χ1n) is 13.2. The third kappa shape index (κ3) is 6.04. The molecule has 3 aromatic rings. The Morgan fingerprint density at radius 2 is 2.00 bits per heavy atom. The third-order valence-corrected chi connectivity index (χ3v) is 6.84. The van der Waals surface area contributed by atoms with Crippen LogP contribution in [-0.4, -0.2) is 98.4 Å². The van der Waals surface area contributed by atoms with Crippen LogP contribution in [0.15, 0.2) is 24.7 Å². The Labute approximate surface area is 217 Å². The summed E-state index contributed by atoms with van der Waals surface area (Å²) >= 11 is 0. The summed E-state index contributed by atoms with van der Waals surface area (Å²) in [5.41, 5.74) is 3.13. The lowest BCUT2D eigenvalue weighted by molar-refractivity contribution is 0.0197. The van der Waals surface area contributed by atoms with Crippen molar-refractivity contribution in [2.45, 2.75) is 45.1 Å². The van der Waals surface area contributed by atoms with Gasteiger partial charge in [-0.15, -0.1) is 0 Å². The second kappa shape index (κ2) is 10.7. The van der Waals surface area contributed by atoms with E-state index < -0.39 is 5.60 Å². The lowest BCUT2D eigenvalue weighted by Gasteiger charge is -2.34. The molecule has 0 spiro atoms. The molecule has 37 heavy (non-hydrogen) atoms. The second-order valence-corrected chi connectivity index (χ2v) is 10.9. The van der Waals surface area contributed by atoms with Gasteiger partial charge in [-0.2, -0.15) is 14.7 Å². The first-order valence-corrected chi connectivity index (χ1v) is 13.2. The van der Waals surface area contributed by atoms with Crippen LogP contribution in [0.5, 0.6) is 0 Å². The number of aromatic nitrogens is 5. The van der Waals surface area contributed by atoms with Crippen molar-refractivity contribution >= 4 is 17.6 Å². The zero-order chi connectivity index (χ0) is 26.0. The summed E-state index contributed by atoms with van der Waals surface area (Å²) in [5, 5.41) is 12.6. The van der Waals surface area contributed by atoms with Gasteiger partial charge in [0.05, 0.1) is 31.3 Å². The predicted octanol–water partition coefficient (Wildman–Crippen LogP) is 2.99. The van der Waals surface area contributed by atoms with Crippen molar-refractivity contribution < 1.29 is 14.3 Å². The van der Waals surface area contributed by atoms with Crippen LogP contribution in [0.4, 0.5) is 10.6 Å². The summed E-state index contributed by atoms with van der Waals surface area (Å²) in [6.07, 6.45) is 7.27. The van der Waals surface area contributed by atoms with E-state index in [0.29, 0.717) is 13.1 Å². The summed E-state index contributed by atoms with van der Waals surface area (Å²) in [5.74, 6) is 1.01. The number of carbonyl (C=O) groups is 1. The molecule has 2 fully saturated rings. The molecule has 0 saturated carbocycles. The molecule has 1 N–H and O–H groups in total. The van der Waals surface area contributed by atoms with Crippen LogP contribution in [0, 0.1) is 0 Å². The monoisotopic (exact) mass is 510 g/mol. The Kier molecular flexibility index (Phi) is 7.34. The molecular weight excluding hydrogens is 472 g/mol. The molecule has 0 aliphatic carbocycles. The number of hydrogen-bond donors (Lipinski definition) is 1. The minimum absolute atomic E-state index is 0.114. The number of likely N-dealkylation sites (tertiary alicyclic amines) is 1. The van der Waals surface area contributed by atoms with Crippen LogP contribution in [0.3, 0.4) is 0 Å². The highest BCUT2D eigenvalue weighted by atomic mass is 16.6. The molecule has 1 unspecified atom stereocenters. The fraction of sp³-hybridized carbons (Fsp3) is 0.615. The Balaban J connectivity index is 1.42. The van der Waals surface area contributed by atoms with E-state index in [1.807, 2.05) is 55.8 Å². The SMILES string of the molecule is Cn1cc(-c2cnn3c(NCCN4CCOCC4)cc(C4CCCN(C(=O)OC(C)(C)C)C4)nc23)cn1. The van der Waals surface area contributed by atoms with E-state index in [4.69, 9.17) is 14.5 Å². The van der Waals surface area contributed by atoms with Crippen molar-refractivity contribution in [2.24, 2.45) is 7.05 Å². The maximum Gasteiger partial charge on any atom is 0.410 e. The van der Waals surface area contributed by atoms with Crippen LogP contribution in [0.1, 0.15) is 45.2 Å². The molecule has 11 nitrogen and oxygen atoms in total. The first kappa shape index (κ1) is 25.5. The summed E-state index contributed by atoms with van der Waals surface area (Å²) < 4.78 is 14.8. The fourth-order valence-electron chi connectivity index (χ4n) is 4.96. The third-order valence-electron chi connectivity index (χ3n) is 6.84. The van der Waals surface area contributed by atoms with E-state index in [1.54, 1.807) is 4.68 Å². The minimum atomic E-state index is -0.519. The Bertz CT molecular complexity index is 1220. The molecule has 0 aromatic carbocycles. The molecule has 2 aliphatic rings. The molecule has 11 heteroatoms. The van der Waals surface area contributed by atoms with Crippen molar-refractivity contribution in [2.75, 3.05) is 57.8 Å². The van der Waals surface area contributed by atoms with Crippen LogP contribution in [-0.2, 0) is 16.5 Å². The molecule has 0 radical (unpaired) electrons. The quantitative estimate of drug-likeness (QED) is 0.540. The molecule has 2 saturated heterocycles. The topological polar surface area (TPSA) is 102 Å². The number of morpholine rings is 1. The predicted molar refractivity (Wildman–Crippen MR) is 141 cm³/mol. The number of ether oxygens (including phenoxy) is 2. The number of anilines is 1. The highest BCUT2D eigenvalue weighted by molar-refractivity contribution is 5.77. The van der Waals surface area contributed by atoms with E-state index in [0.717, 1.165) is 80.5 Å². The standard InChI is InChI=1S/C26H38N8O3/c1-26(2,3)37-25(35)33-8-5-6-19(18-33)22-14-23(27-7-9-32-10-12-36-13-11-32)34-24(30-22)21(16-29-34)20-15-28-31(4)17-20/h14-17,19,27H,5-13,18H2,1-4H3. The molecule has 5 rings (SSSR count). The van der Waals surface area contributed by atoms with E-state index in [-0.39, 0.29) is 12.0 Å². The number of piperidine rings is 1. The molecule has 1 amide bonds. The second-order valence-electron chi connectivity index (χ2n) is 10.9. The highest BCUT2D eigenvalue weighted by Gasteiger charge is 2.30. The maximum atomic E-state index is 12.8. The van der Waals surface area contributed by atoms with Gasteiger partial charge >= 0.3 is 6.09 Å². The Morgan fingerprint density at radius 1 is 1.19 bits per heavy atom. The van der Waals surface area contributed by atoms with E-state index in [9.17, 15) is 4.79 Å². The number of hydrogen-bond acceptors (Lipinski definition) is 8. The molecule has 0 bridgehead atoms. The number of carbonyl (C=O) groups excluding carboxylic acids is 1. The molecule has 5 heterocycles. The van der Waals surface area contributed by atoms with Crippen molar-refractivity contribution in [3.63, 3.8) is 0 Å². The zero-order valence-corrected chi connectivity index (χ0v) is 22.3. The smallest absolute Gasteiger partial charge is 0.410 e. The van der Waals surface area contributed by atoms with Gasteiger partial charge in [-0.05, 0) is 33.6 Å². The van der Waals surface area contributed by atoms with Gasteiger partial charge in [0.15, 0.2) is 5.65 Å². The van der Waals surface area contributed by atoms with Crippen molar-refractivity contribution in [3.05, 3.63) is 30.4 Å². The zero-order valence-electron chi connectivity index (χ0n) is 22.3. The van der Waals surface area contributed by atoms with Gasteiger partial charge in [-0.3, -0.25) is 9.58 Å². The van der Waals surface area contributed by atoms with E-state index in [1.165, 1.54) is 0 Å².